The fourth-order valence-electron chi connectivity index (χ4n) is 0.630. The molecule has 0 bridgehead atoms. The molecule has 0 amide bonds. The van der Waals surface area contributed by atoms with E-state index in [2.05, 4.69) is 11.7 Å². The highest BCUT2D eigenvalue weighted by atomic mass is 34.1. The van der Waals surface area contributed by atoms with Crippen LogP contribution in [0.25, 0.3) is 0 Å². The molecule has 45 heteroatoms. The van der Waals surface area contributed by atoms with E-state index in [-0.39, 0.29) is 0 Å². The Balaban J connectivity index is 3.08. The molecule has 0 aliphatic rings. The first kappa shape index (κ1) is 62.1. The van der Waals surface area contributed by atoms with Crippen LogP contribution in [0.15, 0.2) is 0 Å². The summed E-state index contributed by atoms with van der Waals surface area (Å²) in [4.78, 5) is 0. The highest BCUT2D eigenvalue weighted by molar-refractivity contribution is 9.62. The average molecular weight is 1460 g/mol. The van der Waals surface area contributed by atoms with Crippen molar-refractivity contribution in [3.63, 3.8) is 0 Å². The van der Waals surface area contributed by atoms with Gasteiger partial charge in [-0.05, 0) is 108 Å². The Hall–Kier alpha value is 15.1. The summed E-state index contributed by atoms with van der Waals surface area (Å²) in [6.07, 6.45) is 0. The Labute approximate surface area is 439 Å². The van der Waals surface area contributed by atoms with Crippen LogP contribution in [0.5, 0.6) is 0 Å². The van der Waals surface area contributed by atoms with Crippen LogP contribution in [0.4, 0.5) is 0 Å². The zero-order valence-corrected chi connectivity index (χ0v) is 56.1. The predicted octanol–water partition coefficient (Wildman–Crippen LogP) is 26.8. The molecule has 0 aromatic carbocycles. The standard InChI is InChI=1S/C2H6OS44/c1-2-3-47(5,6)46-45-44-43-42-41-40-39-38-37-36-35-34-33-32-31-30-29-28-27-26-25-24-23-22-21-20-19-18-17-16-15-14-13-12-11-10-9-8-7-4/h4H,2H2,1H3. The summed E-state index contributed by atoms with van der Waals surface area (Å²) in [6.45, 7) is 0.699. The molecule has 0 fully saturated rings. The normalized spacial score (nSPS) is 12.0. The van der Waals surface area contributed by atoms with E-state index in [0.717, 1.165) is 0 Å². The van der Waals surface area contributed by atoms with E-state index >= 15 is 0 Å². The van der Waals surface area contributed by atoms with E-state index in [0.29, 0.717) is 6.61 Å². The second-order valence-corrected chi connectivity index (χ2v) is 81.7. The van der Waals surface area contributed by atoms with Crippen LogP contribution in [0.1, 0.15) is 6.92 Å². The van der Waals surface area contributed by atoms with Crippen molar-refractivity contribution in [1.82, 2.24) is 0 Å². The van der Waals surface area contributed by atoms with Crippen LogP contribution in [0, 0.1) is 0 Å². The highest BCUT2D eigenvalue weighted by Crippen LogP contribution is 2.68. The van der Waals surface area contributed by atoms with Crippen molar-refractivity contribution in [2.45, 2.75) is 6.92 Å². The Morgan fingerprint density at radius 2 is 0.511 bits per heavy atom. The molecule has 0 saturated heterocycles. The van der Waals surface area contributed by atoms with Gasteiger partial charge in [0.2, 0.25) is 0 Å². The topological polar surface area (TPSA) is 9.23 Å². The van der Waals surface area contributed by atoms with Crippen molar-refractivity contribution in [2.75, 3.05) is 6.61 Å². The van der Waals surface area contributed by atoms with Gasteiger partial charge in [-0.25, -0.2) is 0 Å². The van der Waals surface area contributed by atoms with Gasteiger partial charge in [0.1, 0.15) is 0 Å². The lowest BCUT2D eigenvalue weighted by molar-refractivity contribution is 0.402. The van der Waals surface area contributed by atoms with Gasteiger partial charge in [0.15, 0.2) is 0 Å². The van der Waals surface area contributed by atoms with Gasteiger partial charge in [0.25, 0.3) is 0 Å². The molecule has 0 aliphatic heterocycles. The van der Waals surface area contributed by atoms with Crippen molar-refractivity contribution < 1.29 is 4.18 Å². The van der Waals surface area contributed by atoms with Gasteiger partial charge in [0.05, 0.1) is 13.1 Å². The molecule has 1 nitrogen and oxygen atoms in total. The molecule has 0 aliphatic carbocycles. The first-order chi connectivity index (χ1) is 23.1. The van der Waals surface area contributed by atoms with Crippen LogP contribution in [0.3, 0.4) is 0 Å². The van der Waals surface area contributed by atoms with Gasteiger partial charge < -0.3 is 4.18 Å². The first-order valence-corrected chi connectivity index (χ1v) is 66.1. The summed E-state index contributed by atoms with van der Waals surface area (Å²) in [5, 5.41) is 0. The third-order valence-corrected chi connectivity index (χ3v) is 94.9. The van der Waals surface area contributed by atoms with E-state index < -0.39 is 6.46 Å². The molecule has 0 spiro atoms. The van der Waals surface area contributed by atoms with E-state index in [1.165, 1.54) is 19.7 Å². The van der Waals surface area contributed by atoms with E-state index in [9.17, 15) is 0 Å². The number of thiol groups is 1. The molecular formula is C2H6OS44. The van der Waals surface area contributed by atoms with E-state index in [1.807, 2.05) is 243 Å². The zero-order valence-electron chi connectivity index (χ0n) is 20.1. The Kier molecular flexibility index (Phi) is 73.2. The smallest absolute Gasteiger partial charge is 0.0820 e. The molecular weight excluding hydrogens is 1450 g/mol. The summed E-state index contributed by atoms with van der Waals surface area (Å²) in [7, 11) is 71.1. The van der Waals surface area contributed by atoms with Gasteiger partial charge in [0, 0.05) is 314 Å². The van der Waals surface area contributed by atoms with E-state index in [4.69, 9.17) is 26.6 Å². The minimum absolute atomic E-state index is 0.581. The summed E-state index contributed by atoms with van der Waals surface area (Å²) >= 11 is 14.6. The molecule has 47 heavy (non-hydrogen) atoms. The molecule has 284 valence electrons. The Bertz CT molecular complexity index is 658. The summed E-state index contributed by atoms with van der Waals surface area (Å²) < 4.78 is 5.39. The summed E-state index contributed by atoms with van der Waals surface area (Å²) in [5.41, 5.74) is 0. The maximum absolute atomic E-state index is 5.39. The molecule has 0 heterocycles. The van der Waals surface area contributed by atoms with Crippen molar-refractivity contribution in [1.29, 1.82) is 0 Å². The van der Waals surface area contributed by atoms with Crippen LogP contribution in [-0.2, 0) is 33.0 Å². The van der Waals surface area contributed by atoms with Crippen LogP contribution < -0.4 is 0 Å². The summed E-state index contributed by atoms with van der Waals surface area (Å²) in [6, 6.07) is 0. The largest absolute Gasteiger partial charge is 0.302 e. The predicted molar refractivity (Wildman–Crippen MR) is 346 cm³/mol. The van der Waals surface area contributed by atoms with Crippen molar-refractivity contribution >= 4 is 434 Å². The minimum Gasteiger partial charge on any atom is -0.302 e. The zero-order chi connectivity index (χ0) is 34.2. The van der Waals surface area contributed by atoms with Crippen molar-refractivity contribution in [3.8, 4) is 0 Å². The molecule has 0 saturated carbocycles. The first-order valence-electron chi connectivity index (χ1n) is 8.35. The van der Waals surface area contributed by atoms with Gasteiger partial charge in [-0.2, -0.15) is 0 Å². The van der Waals surface area contributed by atoms with Gasteiger partial charge in [-0.15, -0.1) is 0 Å². The van der Waals surface area contributed by atoms with Crippen molar-refractivity contribution in [3.05, 3.63) is 0 Å². The molecule has 0 aromatic rings. The fraction of sp³-hybridized carbons (Fsp3) is 1.00. The Morgan fingerprint density at radius 3 is 0.681 bits per heavy atom. The third kappa shape index (κ3) is 57.2. The number of hydrogen-bond acceptors (Lipinski definition) is 44. The SMILES string of the molecule is CCOS(=S)(=S)SSSSSSSSSSSSSSSSSSSSSSSSSSSSSSSSSSSSSSSSS. The lowest BCUT2D eigenvalue weighted by Gasteiger charge is -2.06. The maximum Gasteiger partial charge on any atom is 0.0820 e. The minimum atomic E-state index is -1.81. The number of rotatable bonds is 42. The highest BCUT2D eigenvalue weighted by Gasteiger charge is 2.06. The quantitative estimate of drug-likeness (QED) is 0.0353. The van der Waals surface area contributed by atoms with Crippen LogP contribution in [-0.4, -0.2) is 6.61 Å². The van der Waals surface area contributed by atoms with Crippen LogP contribution >= 0.6 is 405 Å². The molecule has 0 N–H and O–H groups in total. The fourth-order valence-corrected chi connectivity index (χ4v) is 113. The van der Waals surface area contributed by atoms with Gasteiger partial charge in [-0.3, -0.25) is 0 Å². The number of hydrogen-bond donors (Lipinski definition) is 1. The molecule has 0 radical (unpaired) electrons. The molecule has 0 aromatic heterocycles. The Morgan fingerprint density at radius 1 is 0.340 bits per heavy atom. The lowest BCUT2D eigenvalue weighted by Crippen LogP contribution is -1.93. The van der Waals surface area contributed by atoms with Gasteiger partial charge in [-0.1, -0.05) is 11.7 Å². The maximum atomic E-state index is 5.39. The second kappa shape index (κ2) is 55.4. The molecule has 0 atom stereocenters. The van der Waals surface area contributed by atoms with Gasteiger partial charge >= 0.3 is 0 Å². The monoisotopic (exact) mass is 1450 g/mol. The summed E-state index contributed by atoms with van der Waals surface area (Å²) in [5.74, 6) is 0. The second-order valence-electron chi connectivity index (χ2n) is 3.54. The molecule has 0 rings (SSSR count). The third-order valence-electron chi connectivity index (χ3n) is 1.43. The van der Waals surface area contributed by atoms with E-state index in [1.54, 1.807) is 138 Å². The van der Waals surface area contributed by atoms with Crippen molar-refractivity contribution in [2.24, 2.45) is 0 Å². The lowest BCUT2D eigenvalue weighted by atomic mass is 10.9. The average Bonchev–Trinajstić information content (AvgIpc) is 3.05. The van der Waals surface area contributed by atoms with Crippen LogP contribution in [0.2, 0.25) is 0 Å². The molecule has 0 unspecified atom stereocenters.